The number of rotatable bonds is 3. The van der Waals surface area contributed by atoms with Gasteiger partial charge in [0.05, 0.1) is 0 Å². The SMILES string of the molecule is O=C(C[n+]1ccccc1Cl)c1ccccc1.[Br-]. The van der Waals surface area contributed by atoms with E-state index in [0.29, 0.717) is 10.7 Å². The Labute approximate surface area is 116 Å². The van der Waals surface area contributed by atoms with Gasteiger partial charge in [-0.05, 0) is 17.7 Å². The number of pyridine rings is 1. The number of Topliss-reactive ketones (excluding diaryl/α,β-unsaturated/α-hetero) is 1. The molecule has 0 bridgehead atoms. The van der Waals surface area contributed by atoms with Crippen LogP contribution in [0.1, 0.15) is 10.4 Å². The largest absolute Gasteiger partial charge is 1.00 e. The quantitative estimate of drug-likeness (QED) is 0.426. The summed E-state index contributed by atoms with van der Waals surface area (Å²) in [6.45, 7) is 0.268. The van der Waals surface area contributed by atoms with Gasteiger partial charge in [0.15, 0.2) is 6.20 Å². The first-order chi connectivity index (χ1) is 7.77. The molecule has 0 saturated carbocycles. The average molecular weight is 313 g/mol. The van der Waals surface area contributed by atoms with E-state index < -0.39 is 0 Å². The van der Waals surface area contributed by atoms with Crippen LogP contribution in [0.4, 0.5) is 0 Å². The predicted molar refractivity (Wildman–Crippen MR) is 62.4 cm³/mol. The van der Waals surface area contributed by atoms with Crippen molar-refractivity contribution >= 4 is 17.4 Å². The molecule has 88 valence electrons. The number of hydrogen-bond acceptors (Lipinski definition) is 1. The van der Waals surface area contributed by atoms with Gasteiger partial charge >= 0.3 is 0 Å². The van der Waals surface area contributed by atoms with Gasteiger partial charge < -0.3 is 17.0 Å². The van der Waals surface area contributed by atoms with E-state index in [1.54, 1.807) is 29.0 Å². The van der Waals surface area contributed by atoms with E-state index in [2.05, 4.69) is 0 Å². The zero-order valence-electron chi connectivity index (χ0n) is 9.01. The molecular formula is C13H11BrClNO. The molecular weight excluding hydrogens is 302 g/mol. The fourth-order valence-electron chi connectivity index (χ4n) is 1.45. The van der Waals surface area contributed by atoms with Gasteiger partial charge in [0.1, 0.15) is 0 Å². The highest BCUT2D eigenvalue weighted by Crippen LogP contribution is 2.02. The monoisotopic (exact) mass is 311 g/mol. The van der Waals surface area contributed by atoms with Crippen molar-refractivity contribution in [2.45, 2.75) is 6.54 Å². The zero-order valence-corrected chi connectivity index (χ0v) is 11.4. The Morgan fingerprint density at radius 1 is 1.06 bits per heavy atom. The van der Waals surface area contributed by atoms with Crippen LogP contribution in [-0.4, -0.2) is 5.78 Å². The van der Waals surface area contributed by atoms with Crippen molar-refractivity contribution in [1.82, 2.24) is 0 Å². The van der Waals surface area contributed by atoms with Crippen LogP contribution in [0, 0.1) is 0 Å². The normalized spacial score (nSPS) is 9.47. The number of ketones is 1. The molecule has 1 aromatic heterocycles. The fraction of sp³-hybridized carbons (Fsp3) is 0.0769. The Morgan fingerprint density at radius 2 is 1.71 bits per heavy atom. The fourth-order valence-corrected chi connectivity index (χ4v) is 1.64. The van der Waals surface area contributed by atoms with Gasteiger partial charge in [0.2, 0.25) is 12.3 Å². The maximum Gasteiger partial charge on any atom is 0.275 e. The van der Waals surface area contributed by atoms with E-state index in [9.17, 15) is 4.79 Å². The van der Waals surface area contributed by atoms with E-state index in [-0.39, 0.29) is 29.3 Å². The molecule has 0 N–H and O–H groups in total. The first kappa shape index (κ1) is 13.9. The minimum Gasteiger partial charge on any atom is -1.00 e. The minimum atomic E-state index is 0. The number of hydrogen-bond donors (Lipinski definition) is 0. The second-order valence-corrected chi connectivity index (χ2v) is 3.83. The molecule has 0 radical (unpaired) electrons. The topological polar surface area (TPSA) is 20.9 Å². The first-order valence-electron chi connectivity index (χ1n) is 4.99. The Bertz CT molecular complexity index is 502. The second-order valence-electron chi connectivity index (χ2n) is 3.44. The van der Waals surface area contributed by atoms with Crippen molar-refractivity contribution in [3.8, 4) is 0 Å². The lowest BCUT2D eigenvalue weighted by Crippen LogP contribution is -3.00. The Hall–Kier alpha value is -1.19. The Kier molecular flexibility index (Phi) is 5.32. The highest BCUT2D eigenvalue weighted by atomic mass is 79.9. The molecule has 1 heterocycles. The average Bonchev–Trinajstić information content (AvgIpc) is 2.33. The molecule has 0 fully saturated rings. The molecule has 2 rings (SSSR count). The summed E-state index contributed by atoms with van der Waals surface area (Å²) < 4.78 is 1.72. The van der Waals surface area contributed by atoms with Gasteiger partial charge in [-0.25, -0.2) is 0 Å². The van der Waals surface area contributed by atoms with Crippen LogP contribution in [0.15, 0.2) is 54.7 Å². The summed E-state index contributed by atoms with van der Waals surface area (Å²) in [5.41, 5.74) is 0.704. The lowest BCUT2D eigenvalue weighted by molar-refractivity contribution is -0.681. The molecule has 2 aromatic rings. The van der Waals surface area contributed by atoms with Crippen molar-refractivity contribution in [2.75, 3.05) is 0 Å². The third-order valence-electron chi connectivity index (χ3n) is 2.29. The third-order valence-corrected chi connectivity index (χ3v) is 2.64. The van der Waals surface area contributed by atoms with E-state index in [0.717, 1.165) is 0 Å². The molecule has 0 aliphatic heterocycles. The summed E-state index contributed by atoms with van der Waals surface area (Å²) in [5, 5.41) is 0.562. The lowest BCUT2D eigenvalue weighted by atomic mass is 10.1. The van der Waals surface area contributed by atoms with Crippen molar-refractivity contribution in [3.63, 3.8) is 0 Å². The summed E-state index contributed by atoms with van der Waals surface area (Å²) in [6.07, 6.45) is 1.79. The molecule has 1 aromatic carbocycles. The standard InChI is InChI=1S/C13H11ClNO.BrH/c14-13-8-4-5-9-15(13)10-12(16)11-6-2-1-3-7-11;/h1-9H,10H2;1H/q+1;/p-1. The van der Waals surface area contributed by atoms with Gasteiger partial charge in [-0.15, -0.1) is 0 Å². The van der Waals surface area contributed by atoms with Crippen LogP contribution in [0.5, 0.6) is 0 Å². The van der Waals surface area contributed by atoms with E-state index in [4.69, 9.17) is 11.6 Å². The van der Waals surface area contributed by atoms with E-state index >= 15 is 0 Å². The van der Waals surface area contributed by atoms with Crippen molar-refractivity contribution in [2.24, 2.45) is 0 Å². The third kappa shape index (κ3) is 3.65. The molecule has 2 nitrogen and oxygen atoms in total. The van der Waals surface area contributed by atoms with Crippen LogP contribution in [0.3, 0.4) is 0 Å². The van der Waals surface area contributed by atoms with Crippen LogP contribution in [0.25, 0.3) is 0 Å². The maximum atomic E-state index is 11.9. The number of carbonyl (C=O) groups excluding carboxylic acids is 1. The molecule has 17 heavy (non-hydrogen) atoms. The highest BCUT2D eigenvalue weighted by molar-refractivity contribution is 6.28. The maximum absolute atomic E-state index is 11.9. The molecule has 0 aliphatic carbocycles. The number of aromatic nitrogens is 1. The van der Waals surface area contributed by atoms with Crippen molar-refractivity contribution in [3.05, 3.63) is 65.4 Å². The number of carbonyl (C=O) groups is 1. The second kappa shape index (κ2) is 6.52. The van der Waals surface area contributed by atoms with Gasteiger partial charge in [-0.2, -0.15) is 4.57 Å². The van der Waals surface area contributed by atoms with Crippen molar-refractivity contribution < 1.29 is 26.3 Å². The van der Waals surface area contributed by atoms with Gasteiger partial charge in [-0.1, -0.05) is 30.3 Å². The minimum absolute atomic E-state index is 0. The number of nitrogens with zero attached hydrogens (tertiary/aromatic N) is 1. The van der Waals surface area contributed by atoms with Gasteiger partial charge in [-0.3, -0.25) is 4.79 Å². The smallest absolute Gasteiger partial charge is 0.275 e. The molecule has 0 saturated heterocycles. The van der Waals surface area contributed by atoms with Crippen LogP contribution in [-0.2, 0) is 6.54 Å². The summed E-state index contributed by atoms with van der Waals surface area (Å²) in [7, 11) is 0. The first-order valence-corrected chi connectivity index (χ1v) is 5.37. The summed E-state index contributed by atoms with van der Waals surface area (Å²) in [5.74, 6) is 0.0544. The van der Waals surface area contributed by atoms with E-state index in [1.165, 1.54) is 0 Å². The van der Waals surface area contributed by atoms with Crippen molar-refractivity contribution in [1.29, 1.82) is 0 Å². The van der Waals surface area contributed by atoms with Gasteiger partial charge in [0, 0.05) is 17.7 Å². The molecule has 4 heteroatoms. The van der Waals surface area contributed by atoms with Gasteiger partial charge in [0.25, 0.3) is 5.15 Å². The number of benzene rings is 1. The Balaban J connectivity index is 0.00000144. The van der Waals surface area contributed by atoms with E-state index in [1.807, 2.05) is 30.3 Å². The number of halogens is 2. The summed E-state index contributed by atoms with van der Waals surface area (Å²) in [6, 6.07) is 14.7. The lowest BCUT2D eigenvalue weighted by Gasteiger charge is -1.98. The molecule has 0 amide bonds. The Morgan fingerprint density at radius 3 is 2.35 bits per heavy atom. The van der Waals surface area contributed by atoms with Crippen LogP contribution >= 0.6 is 11.6 Å². The zero-order chi connectivity index (χ0) is 11.4. The molecule has 0 atom stereocenters. The molecule has 0 unspecified atom stereocenters. The highest BCUT2D eigenvalue weighted by Gasteiger charge is 2.14. The molecule has 0 aliphatic rings. The predicted octanol–water partition coefficient (Wildman–Crippen LogP) is -0.486. The summed E-state index contributed by atoms with van der Waals surface area (Å²) >= 11 is 5.97. The summed E-state index contributed by atoms with van der Waals surface area (Å²) in [4.78, 5) is 11.9. The molecule has 0 spiro atoms. The van der Waals surface area contributed by atoms with Crippen LogP contribution < -0.4 is 21.5 Å². The van der Waals surface area contributed by atoms with Crippen LogP contribution in [0.2, 0.25) is 5.15 Å².